The monoisotopic (exact) mass is 201 g/mol. The van der Waals surface area contributed by atoms with Crippen molar-refractivity contribution in [2.45, 2.75) is 18.6 Å². The van der Waals surface area contributed by atoms with E-state index in [1.54, 1.807) is 0 Å². The van der Waals surface area contributed by atoms with Gasteiger partial charge in [-0.05, 0) is 6.42 Å². The Hall–Kier alpha value is -0.330. The van der Waals surface area contributed by atoms with Crippen LogP contribution in [0.15, 0.2) is 0 Å². The van der Waals surface area contributed by atoms with Gasteiger partial charge in [-0.15, -0.1) is 0 Å². The number of methoxy groups -OCH3 is 1. The number of halogens is 3. The lowest BCUT2D eigenvalue weighted by Gasteiger charge is -2.17. The van der Waals surface area contributed by atoms with Crippen molar-refractivity contribution in [3.8, 4) is 0 Å². The topological polar surface area (TPSA) is 41.5 Å². The van der Waals surface area contributed by atoms with Crippen molar-refractivity contribution in [3.05, 3.63) is 0 Å². The van der Waals surface area contributed by atoms with Crippen molar-refractivity contribution in [1.29, 1.82) is 0 Å². The van der Waals surface area contributed by atoms with E-state index in [1.165, 1.54) is 7.11 Å². The van der Waals surface area contributed by atoms with Gasteiger partial charge in [-0.3, -0.25) is 0 Å². The molecule has 0 aliphatic rings. The molecule has 6 heteroatoms. The first-order chi connectivity index (χ1) is 5.99. The lowest BCUT2D eigenvalue weighted by Crippen LogP contribution is -2.40. The van der Waals surface area contributed by atoms with E-state index in [1.807, 2.05) is 0 Å². The van der Waals surface area contributed by atoms with E-state index in [0.29, 0.717) is 0 Å². The molecule has 80 valence electrons. The van der Waals surface area contributed by atoms with E-state index in [0.717, 1.165) is 0 Å². The fourth-order valence-corrected chi connectivity index (χ4v) is 0.861. The molecule has 0 radical (unpaired) electrons. The van der Waals surface area contributed by atoms with Crippen molar-refractivity contribution < 1.29 is 23.0 Å². The Labute approximate surface area is 74.9 Å². The van der Waals surface area contributed by atoms with Crippen LogP contribution in [0.25, 0.3) is 0 Å². The van der Waals surface area contributed by atoms with Crippen LogP contribution < -0.4 is 5.32 Å². The Bertz CT molecular complexity index is 123. The van der Waals surface area contributed by atoms with E-state index < -0.39 is 18.8 Å². The molecule has 0 aromatic heterocycles. The van der Waals surface area contributed by atoms with Gasteiger partial charge >= 0.3 is 6.18 Å². The molecule has 0 saturated carbocycles. The average molecular weight is 201 g/mol. The molecule has 0 amide bonds. The summed E-state index contributed by atoms with van der Waals surface area (Å²) in [6.45, 7) is -1.05. The summed E-state index contributed by atoms with van der Waals surface area (Å²) >= 11 is 0. The third-order valence-electron chi connectivity index (χ3n) is 1.44. The van der Waals surface area contributed by atoms with Crippen LogP contribution in [-0.4, -0.2) is 44.2 Å². The zero-order chi connectivity index (χ0) is 10.3. The molecule has 0 fully saturated rings. The lowest BCUT2D eigenvalue weighted by molar-refractivity contribution is -0.127. The maximum atomic E-state index is 11.7. The summed E-state index contributed by atoms with van der Waals surface area (Å²) < 4.78 is 39.9. The van der Waals surface area contributed by atoms with Crippen LogP contribution in [0.4, 0.5) is 13.2 Å². The Morgan fingerprint density at radius 1 is 1.46 bits per heavy atom. The number of nitrogens with one attached hydrogen (secondary N) is 1. The zero-order valence-corrected chi connectivity index (χ0v) is 7.40. The molecule has 0 spiro atoms. The van der Waals surface area contributed by atoms with Crippen LogP contribution in [0.1, 0.15) is 6.42 Å². The largest absolute Gasteiger partial charge is 0.401 e. The number of alkyl halides is 3. The normalized spacial score (nSPS) is 14.5. The van der Waals surface area contributed by atoms with Crippen LogP contribution in [-0.2, 0) is 4.74 Å². The molecule has 1 atom stereocenters. The van der Waals surface area contributed by atoms with Crippen molar-refractivity contribution >= 4 is 0 Å². The van der Waals surface area contributed by atoms with Gasteiger partial charge in [0.1, 0.15) is 0 Å². The van der Waals surface area contributed by atoms with Crippen LogP contribution in [0, 0.1) is 0 Å². The number of aliphatic hydroxyl groups excluding tert-OH is 1. The summed E-state index contributed by atoms with van der Waals surface area (Å²) in [7, 11) is 1.40. The van der Waals surface area contributed by atoms with E-state index in [-0.39, 0.29) is 19.6 Å². The highest BCUT2D eigenvalue weighted by molar-refractivity contribution is 4.67. The second-order valence-corrected chi connectivity index (χ2v) is 2.66. The van der Waals surface area contributed by atoms with Gasteiger partial charge in [0.25, 0.3) is 0 Å². The smallest absolute Gasteiger partial charge is 0.396 e. The third-order valence-corrected chi connectivity index (χ3v) is 1.44. The van der Waals surface area contributed by atoms with E-state index >= 15 is 0 Å². The van der Waals surface area contributed by atoms with Gasteiger partial charge in [-0.1, -0.05) is 0 Å². The van der Waals surface area contributed by atoms with E-state index in [9.17, 15) is 13.2 Å². The highest BCUT2D eigenvalue weighted by Crippen LogP contribution is 2.12. The van der Waals surface area contributed by atoms with Crippen LogP contribution >= 0.6 is 0 Å². The molecular formula is C7H14F3NO2. The predicted molar refractivity (Wildman–Crippen MR) is 41.4 cm³/mol. The van der Waals surface area contributed by atoms with E-state index in [2.05, 4.69) is 10.1 Å². The molecule has 0 saturated heterocycles. The second kappa shape index (κ2) is 6.17. The first kappa shape index (κ1) is 12.7. The van der Waals surface area contributed by atoms with Crippen molar-refractivity contribution in [2.75, 3.05) is 26.9 Å². The molecule has 0 aromatic rings. The zero-order valence-electron chi connectivity index (χ0n) is 7.40. The molecule has 2 N–H and O–H groups in total. The molecule has 1 unspecified atom stereocenters. The van der Waals surface area contributed by atoms with Crippen LogP contribution in [0.3, 0.4) is 0 Å². The molecule has 0 heterocycles. The van der Waals surface area contributed by atoms with Gasteiger partial charge in [-0.2, -0.15) is 13.2 Å². The van der Waals surface area contributed by atoms with Gasteiger partial charge in [-0.25, -0.2) is 0 Å². The quantitative estimate of drug-likeness (QED) is 0.659. The number of ether oxygens (including phenoxy) is 1. The highest BCUT2D eigenvalue weighted by atomic mass is 19.4. The minimum Gasteiger partial charge on any atom is -0.396 e. The summed E-state index contributed by atoms with van der Waals surface area (Å²) in [5, 5.41) is 10.8. The minimum atomic E-state index is -4.22. The first-order valence-corrected chi connectivity index (χ1v) is 3.89. The van der Waals surface area contributed by atoms with Crippen LogP contribution in [0.5, 0.6) is 0 Å². The SMILES string of the molecule is COCC(CCO)NCC(F)(F)F. The number of hydrogen-bond acceptors (Lipinski definition) is 3. The lowest BCUT2D eigenvalue weighted by atomic mass is 10.2. The number of rotatable bonds is 6. The Morgan fingerprint density at radius 3 is 2.46 bits per heavy atom. The highest BCUT2D eigenvalue weighted by Gasteiger charge is 2.27. The van der Waals surface area contributed by atoms with E-state index in [4.69, 9.17) is 5.11 Å². The summed E-state index contributed by atoms with van der Waals surface area (Å²) in [5.74, 6) is 0. The van der Waals surface area contributed by atoms with Gasteiger partial charge in [0.2, 0.25) is 0 Å². The van der Waals surface area contributed by atoms with Crippen LogP contribution in [0.2, 0.25) is 0 Å². The Balaban J connectivity index is 3.68. The fraction of sp³-hybridized carbons (Fsp3) is 1.00. The number of aliphatic hydroxyl groups is 1. The fourth-order valence-electron chi connectivity index (χ4n) is 0.861. The Morgan fingerprint density at radius 2 is 2.08 bits per heavy atom. The molecule has 13 heavy (non-hydrogen) atoms. The molecule has 3 nitrogen and oxygen atoms in total. The maximum absolute atomic E-state index is 11.7. The minimum absolute atomic E-state index is 0.154. The van der Waals surface area contributed by atoms with Crippen molar-refractivity contribution in [2.24, 2.45) is 0 Å². The summed E-state index contributed by atoms with van der Waals surface area (Å²) in [6.07, 6.45) is -3.97. The van der Waals surface area contributed by atoms with Crippen molar-refractivity contribution in [1.82, 2.24) is 5.32 Å². The molecular weight excluding hydrogens is 187 g/mol. The summed E-state index contributed by atoms with van der Waals surface area (Å²) in [5.41, 5.74) is 0. The van der Waals surface area contributed by atoms with Gasteiger partial charge < -0.3 is 15.2 Å². The van der Waals surface area contributed by atoms with Gasteiger partial charge in [0.05, 0.1) is 13.2 Å². The predicted octanol–water partition coefficient (Wildman–Crippen LogP) is 0.536. The summed E-state index contributed by atoms with van der Waals surface area (Å²) in [4.78, 5) is 0. The average Bonchev–Trinajstić information content (AvgIpc) is 2.00. The standard InChI is InChI=1S/C7H14F3NO2/c1-13-4-6(2-3-12)11-5-7(8,9)10/h6,11-12H,2-5H2,1H3. The molecule has 0 aliphatic carbocycles. The molecule has 0 rings (SSSR count). The third kappa shape index (κ3) is 8.01. The second-order valence-electron chi connectivity index (χ2n) is 2.66. The summed E-state index contributed by atoms with van der Waals surface area (Å²) in [6, 6.07) is -0.448. The maximum Gasteiger partial charge on any atom is 0.401 e. The Kier molecular flexibility index (Phi) is 6.02. The molecule has 0 bridgehead atoms. The first-order valence-electron chi connectivity index (χ1n) is 3.89. The van der Waals surface area contributed by atoms with Gasteiger partial charge in [0, 0.05) is 19.8 Å². The van der Waals surface area contributed by atoms with Gasteiger partial charge in [0.15, 0.2) is 0 Å². The van der Waals surface area contributed by atoms with Crippen molar-refractivity contribution in [3.63, 3.8) is 0 Å². The molecule has 0 aromatic carbocycles. The molecule has 0 aliphatic heterocycles. The number of hydrogen-bond donors (Lipinski definition) is 2.